The van der Waals surface area contributed by atoms with Crippen LogP contribution in [0.1, 0.15) is 18.7 Å². The SMILES string of the molecule is CCOCCNc1nc(C(N)C(=O)O)cs1. The summed E-state index contributed by atoms with van der Waals surface area (Å²) >= 11 is 1.33. The molecule has 0 aliphatic heterocycles. The zero-order valence-corrected chi connectivity index (χ0v) is 9.79. The molecule has 0 saturated carbocycles. The highest BCUT2D eigenvalue weighted by Crippen LogP contribution is 2.19. The number of aliphatic carboxylic acids is 1. The summed E-state index contributed by atoms with van der Waals surface area (Å²) in [6.45, 7) is 3.83. The molecular weight excluding hydrogens is 230 g/mol. The van der Waals surface area contributed by atoms with Crippen LogP contribution in [0, 0.1) is 0 Å². The van der Waals surface area contributed by atoms with Gasteiger partial charge in [-0.15, -0.1) is 11.3 Å². The summed E-state index contributed by atoms with van der Waals surface area (Å²) in [5, 5.41) is 14.0. The number of aromatic nitrogens is 1. The summed E-state index contributed by atoms with van der Waals surface area (Å²) in [7, 11) is 0. The Morgan fingerprint density at radius 1 is 1.81 bits per heavy atom. The van der Waals surface area contributed by atoms with Crippen molar-refractivity contribution in [2.45, 2.75) is 13.0 Å². The predicted molar refractivity (Wildman–Crippen MR) is 61.7 cm³/mol. The lowest BCUT2D eigenvalue weighted by Crippen LogP contribution is -2.21. The quantitative estimate of drug-likeness (QED) is 0.611. The van der Waals surface area contributed by atoms with Gasteiger partial charge >= 0.3 is 5.97 Å². The Bertz CT molecular complexity index is 342. The number of carboxylic acids is 1. The van der Waals surface area contributed by atoms with Crippen LogP contribution in [0.2, 0.25) is 0 Å². The van der Waals surface area contributed by atoms with Gasteiger partial charge in [0.2, 0.25) is 0 Å². The first-order valence-electron chi connectivity index (χ1n) is 4.90. The number of carbonyl (C=O) groups is 1. The topological polar surface area (TPSA) is 97.5 Å². The average Bonchev–Trinajstić information content (AvgIpc) is 2.72. The highest BCUT2D eigenvalue weighted by atomic mass is 32.1. The summed E-state index contributed by atoms with van der Waals surface area (Å²) in [6.07, 6.45) is 0. The van der Waals surface area contributed by atoms with Gasteiger partial charge in [-0.25, -0.2) is 4.98 Å². The second-order valence-corrected chi connectivity index (χ2v) is 3.88. The van der Waals surface area contributed by atoms with Gasteiger partial charge in [0.25, 0.3) is 0 Å². The molecule has 0 saturated heterocycles. The molecule has 90 valence electrons. The highest BCUT2D eigenvalue weighted by Gasteiger charge is 2.17. The summed E-state index contributed by atoms with van der Waals surface area (Å²) in [5.41, 5.74) is 5.79. The average molecular weight is 245 g/mol. The molecule has 6 nitrogen and oxygen atoms in total. The minimum Gasteiger partial charge on any atom is -0.480 e. The molecule has 1 atom stereocenters. The summed E-state index contributed by atoms with van der Waals surface area (Å²) in [6, 6.07) is -1.06. The van der Waals surface area contributed by atoms with E-state index in [-0.39, 0.29) is 0 Å². The molecule has 4 N–H and O–H groups in total. The molecule has 0 fully saturated rings. The number of ether oxygens (including phenoxy) is 1. The smallest absolute Gasteiger partial charge is 0.326 e. The van der Waals surface area contributed by atoms with Gasteiger partial charge in [0.1, 0.15) is 6.04 Å². The molecule has 0 bridgehead atoms. The van der Waals surface area contributed by atoms with Gasteiger partial charge in [-0.1, -0.05) is 0 Å². The lowest BCUT2D eigenvalue weighted by atomic mass is 10.2. The van der Waals surface area contributed by atoms with Crippen LogP contribution < -0.4 is 11.1 Å². The molecule has 0 radical (unpaired) electrons. The molecule has 7 heteroatoms. The van der Waals surface area contributed by atoms with Gasteiger partial charge in [-0.05, 0) is 6.92 Å². The van der Waals surface area contributed by atoms with Gasteiger partial charge in [0, 0.05) is 18.5 Å². The number of anilines is 1. The Balaban J connectivity index is 2.42. The molecule has 1 aromatic heterocycles. The first kappa shape index (κ1) is 12.9. The van der Waals surface area contributed by atoms with E-state index >= 15 is 0 Å². The van der Waals surface area contributed by atoms with E-state index in [2.05, 4.69) is 10.3 Å². The third-order valence-electron chi connectivity index (χ3n) is 1.83. The molecule has 0 amide bonds. The Labute approximate surface area is 97.4 Å². The number of carboxylic acid groups (broad SMARTS) is 1. The summed E-state index contributed by atoms with van der Waals surface area (Å²) < 4.78 is 5.14. The summed E-state index contributed by atoms with van der Waals surface area (Å²) in [4.78, 5) is 14.7. The van der Waals surface area contributed by atoms with Crippen molar-refractivity contribution < 1.29 is 14.6 Å². The number of rotatable bonds is 7. The molecule has 1 rings (SSSR count). The van der Waals surface area contributed by atoms with Crippen LogP contribution in [0.3, 0.4) is 0 Å². The van der Waals surface area contributed by atoms with Gasteiger partial charge in [0.05, 0.1) is 12.3 Å². The van der Waals surface area contributed by atoms with E-state index in [1.807, 2.05) is 6.92 Å². The normalized spacial score (nSPS) is 12.4. The molecule has 0 aromatic carbocycles. The van der Waals surface area contributed by atoms with Crippen LogP contribution in [-0.2, 0) is 9.53 Å². The van der Waals surface area contributed by atoms with Crippen molar-refractivity contribution in [1.82, 2.24) is 4.98 Å². The number of thiazole rings is 1. The number of hydrogen-bond acceptors (Lipinski definition) is 6. The van der Waals surface area contributed by atoms with E-state index in [9.17, 15) is 4.79 Å². The monoisotopic (exact) mass is 245 g/mol. The molecule has 1 heterocycles. The molecule has 0 aliphatic rings. The van der Waals surface area contributed by atoms with Crippen LogP contribution >= 0.6 is 11.3 Å². The van der Waals surface area contributed by atoms with Crippen molar-refractivity contribution in [3.8, 4) is 0 Å². The second kappa shape index (κ2) is 6.41. The van der Waals surface area contributed by atoms with Crippen molar-refractivity contribution in [1.29, 1.82) is 0 Å². The number of nitrogens with one attached hydrogen (secondary N) is 1. The lowest BCUT2D eigenvalue weighted by molar-refractivity contribution is -0.138. The minimum absolute atomic E-state index is 0.372. The van der Waals surface area contributed by atoms with E-state index in [1.165, 1.54) is 11.3 Å². The van der Waals surface area contributed by atoms with Crippen LogP contribution in [0.4, 0.5) is 5.13 Å². The van der Waals surface area contributed by atoms with Crippen LogP contribution in [0.5, 0.6) is 0 Å². The standard InChI is InChI=1S/C9H15N3O3S/c1-2-15-4-3-11-9-12-6(5-16-9)7(10)8(13)14/h5,7H,2-4,10H2,1H3,(H,11,12)(H,13,14). The second-order valence-electron chi connectivity index (χ2n) is 3.02. The van der Waals surface area contributed by atoms with E-state index in [1.54, 1.807) is 5.38 Å². The molecule has 0 aliphatic carbocycles. The molecule has 1 aromatic rings. The zero-order chi connectivity index (χ0) is 12.0. The first-order valence-corrected chi connectivity index (χ1v) is 5.78. The fraction of sp³-hybridized carbons (Fsp3) is 0.556. The predicted octanol–water partition coefficient (Wildman–Crippen LogP) is 0.676. The Hall–Kier alpha value is -1.18. The molecule has 16 heavy (non-hydrogen) atoms. The maximum atomic E-state index is 10.6. The lowest BCUT2D eigenvalue weighted by Gasteiger charge is -2.03. The van der Waals surface area contributed by atoms with Gasteiger partial charge in [-0.3, -0.25) is 4.79 Å². The van der Waals surface area contributed by atoms with Crippen LogP contribution in [0.25, 0.3) is 0 Å². The van der Waals surface area contributed by atoms with Crippen molar-refractivity contribution in [3.63, 3.8) is 0 Å². The fourth-order valence-corrected chi connectivity index (χ4v) is 1.79. The Kier molecular flexibility index (Phi) is 5.17. The Morgan fingerprint density at radius 3 is 3.19 bits per heavy atom. The van der Waals surface area contributed by atoms with Crippen molar-refractivity contribution in [3.05, 3.63) is 11.1 Å². The maximum absolute atomic E-state index is 10.6. The minimum atomic E-state index is -1.08. The zero-order valence-electron chi connectivity index (χ0n) is 8.97. The van der Waals surface area contributed by atoms with Crippen LogP contribution in [0.15, 0.2) is 5.38 Å². The molecule has 0 spiro atoms. The largest absolute Gasteiger partial charge is 0.480 e. The third-order valence-corrected chi connectivity index (χ3v) is 2.65. The molecule has 1 unspecified atom stereocenters. The van der Waals surface area contributed by atoms with Crippen molar-refractivity contribution in [2.75, 3.05) is 25.1 Å². The van der Waals surface area contributed by atoms with E-state index in [0.29, 0.717) is 30.6 Å². The van der Waals surface area contributed by atoms with Gasteiger partial charge < -0.3 is 20.9 Å². The number of nitrogens with two attached hydrogens (primary N) is 1. The Morgan fingerprint density at radius 2 is 2.56 bits per heavy atom. The van der Waals surface area contributed by atoms with Crippen LogP contribution in [-0.4, -0.2) is 35.8 Å². The fourth-order valence-electron chi connectivity index (χ4n) is 1.01. The van der Waals surface area contributed by atoms with E-state index in [0.717, 1.165) is 0 Å². The van der Waals surface area contributed by atoms with E-state index in [4.69, 9.17) is 15.6 Å². The van der Waals surface area contributed by atoms with Gasteiger partial charge in [0.15, 0.2) is 5.13 Å². The maximum Gasteiger partial charge on any atom is 0.326 e. The highest BCUT2D eigenvalue weighted by molar-refractivity contribution is 7.13. The van der Waals surface area contributed by atoms with Gasteiger partial charge in [-0.2, -0.15) is 0 Å². The third kappa shape index (κ3) is 3.76. The number of hydrogen-bond donors (Lipinski definition) is 3. The summed E-state index contributed by atoms with van der Waals surface area (Å²) in [5.74, 6) is -1.08. The van der Waals surface area contributed by atoms with Crippen molar-refractivity contribution >= 4 is 22.4 Å². The molecular formula is C9H15N3O3S. The van der Waals surface area contributed by atoms with E-state index < -0.39 is 12.0 Å². The van der Waals surface area contributed by atoms with Crippen molar-refractivity contribution in [2.24, 2.45) is 5.73 Å². The first-order chi connectivity index (χ1) is 7.65. The number of nitrogens with zero attached hydrogens (tertiary/aromatic N) is 1.